The molecule has 4 aromatic rings. The Morgan fingerprint density at radius 1 is 1.20 bits per heavy atom. The third kappa shape index (κ3) is 4.95. The lowest BCUT2D eigenvalue weighted by molar-refractivity contribution is 0.161. The Kier molecular flexibility index (Phi) is 6.59. The first-order valence-electron chi connectivity index (χ1n) is 11.4. The second kappa shape index (κ2) is 10.1. The predicted molar refractivity (Wildman–Crippen MR) is 136 cm³/mol. The van der Waals surface area contributed by atoms with E-state index in [1.165, 1.54) is 0 Å². The van der Waals surface area contributed by atoms with Gasteiger partial charge in [0.1, 0.15) is 5.82 Å². The van der Waals surface area contributed by atoms with Crippen LogP contribution in [0.5, 0.6) is 0 Å². The summed E-state index contributed by atoms with van der Waals surface area (Å²) < 4.78 is 2.54. The Balaban J connectivity index is 1.44. The van der Waals surface area contributed by atoms with Crippen LogP contribution in [-0.2, 0) is 6.54 Å². The molecule has 1 fully saturated rings. The van der Waals surface area contributed by atoms with Crippen LogP contribution in [0, 0.1) is 11.3 Å². The van der Waals surface area contributed by atoms with E-state index in [1.807, 2.05) is 29.3 Å². The quantitative estimate of drug-likeness (QED) is 0.370. The standard InChI is InChI=1S/C25H23BrN8O/c26-20-16-30-34-23(29-15-18-6-4-9-28-14-18)12-21(32-24(20)34)22-8-1-2-10-33(22)25(35)31-19-7-3-5-17(11-19)13-27/h3-7,9,11-12,14,16,22,29H,1-2,8,10,15H2,(H,31,35). The van der Waals surface area contributed by atoms with Crippen molar-refractivity contribution in [1.82, 2.24) is 24.5 Å². The number of pyridine rings is 1. The van der Waals surface area contributed by atoms with Crippen molar-refractivity contribution >= 4 is 39.1 Å². The average molecular weight is 531 g/mol. The number of likely N-dealkylation sites (tertiary alicyclic amines) is 1. The van der Waals surface area contributed by atoms with Crippen molar-refractivity contribution in [3.63, 3.8) is 0 Å². The topological polar surface area (TPSA) is 111 Å². The fraction of sp³-hybridized carbons (Fsp3) is 0.240. The van der Waals surface area contributed by atoms with E-state index in [0.717, 1.165) is 40.8 Å². The summed E-state index contributed by atoms with van der Waals surface area (Å²) in [5.41, 5.74) is 3.62. The van der Waals surface area contributed by atoms with Crippen LogP contribution in [0.25, 0.3) is 5.65 Å². The van der Waals surface area contributed by atoms with Gasteiger partial charge in [-0.15, -0.1) is 0 Å². The van der Waals surface area contributed by atoms with Crippen molar-refractivity contribution in [3.8, 4) is 6.07 Å². The van der Waals surface area contributed by atoms with Crippen molar-refractivity contribution in [2.45, 2.75) is 31.8 Å². The first-order valence-corrected chi connectivity index (χ1v) is 12.2. The van der Waals surface area contributed by atoms with Crippen molar-refractivity contribution in [2.24, 2.45) is 0 Å². The normalized spacial score (nSPS) is 15.5. The first-order chi connectivity index (χ1) is 17.1. The molecule has 5 rings (SSSR count). The molecule has 1 saturated heterocycles. The molecule has 0 aliphatic carbocycles. The van der Waals surface area contributed by atoms with Gasteiger partial charge in [0, 0.05) is 37.2 Å². The van der Waals surface area contributed by atoms with Crippen molar-refractivity contribution in [1.29, 1.82) is 5.26 Å². The van der Waals surface area contributed by atoms with Crippen molar-refractivity contribution in [2.75, 3.05) is 17.2 Å². The van der Waals surface area contributed by atoms with Gasteiger partial charge in [0.15, 0.2) is 5.65 Å². The number of nitrogens with zero attached hydrogens (tertiary/aromatic N) is 6. The summed E-state index contributed by atoms with van der Waals surface area (Å²) in [5.74, 6) is 0.784. The van der Waals surface area contributed by atoms with E-state index >= 15 is 0 Å². The maximum absolute atomic E-state index is 13.3. The number of aromatic nitrogens is 4. The number of piperidine rings is 1. The molecule has 9 nitrogen and oxygen atoms in total. The lowest BCUT2D eigenvalue weighted by Crippen LogP contribution is -2.41. The summed E-state index contributed by atoms with van der Waals surface area (Å²) in [6.45, 7) is 1.20. The van der Waals surface area contributed by atoms with Crippen LogP contribution in [-0.4, -0.2) is 37.1 Å². The number of urea groups is 1. The molecule has 1 atom stereocenters. The number of benzene rings is 1. The third-order valence-electron chi connectivity index (χ3n) is 5.99. The molecule has 0 radical (unpaired) electrons. The second-order valence-corrected chi connectivity index (χ2v) is 9.19. The van der Waals surface area contributed by atoms with Crippen LogP contribution in [0.15, 0.2) is 65.5 Å². The summed E-state index contributed by atoms with van der Waals surface area (Å²) in [5, 5.41) is 20.0. The summed E-state index contributed by atoms with van der Waals surface area (Å²) in [7, 11) is 0. The largest absolute Gasteiger partial charge is 0.366 e. The minimum atomic E-state index is -0.205. The Hall–Kier alpha value is -3.97. The molecule has 2 N–H and O–H groups in total. The van der Waals surface area contributed by atoms with Crippen LogP contribution in [0.2, 0.25) is 0 Å². The van der Waals surface area contributed by atoms with Gasteiger partial charge in [0.25, 0.3) is 0 Å². The molecule has 10 heteroatoms. The number of amides is 2. The fourth-order valence-electron chi connectivity index (χ4n) is 4.29. The number of anilines is 2. The van der Waals surface area contributed by atoms with Crippen LogP contribution in [0.1, 0.15) is 42.1 Å². The molecule has 4 heterocycles. The summed E-state index contributed by atoms with van der Waals surface area (Å²) in [6, 6.07) is 14.5. The Labute approximate surface area is 210 Å². The second-order valence-electron chi connectivity index (χ2n) is 8.34. The van der Waals surface area contributed by atoms with Gasteiger partial charge >= 0.3 is 6.03 Å². The van der Waals surface area contributed by atoms with E-state index in [1.54, 1.807) is 41.2 Å². The Morgan fingerprint density at radius 3 is 2.94 bits per heavy atom. The van der Waals surface area contributed by atoms with Gasteiger partial charge in [-0.2, -0.15) is 14.9 Å². The third-order valence-corrected chi connectivity index (χ3v) is 6.55. The molecule has 1 aromatic carbocycles. The van der Waals surface area contributed by atoms with Crippen molar-refractivity contribution < 1.29 is 4.79 Å². The number of fused-ring (bicyclic) bond motifs is 1. The molecule has 35 heavy (non-hydrogen) atoms. The van der Waals surface area contributed by atoms with Crippen LogP contribution >= 0.6 is 15.9 Å². The van der Waals surface area contributed by atoms with Gasteiger partial charge in [-0.3, -0.25) is 4.98 Å². The minimum Gasteiger partial charge on any atom is -0.366 e. The minimum absolute atomic E-state index is 0.186. The van der Waals surface area contributed by atoms with E-state index in [2.05, 4.69) is 42.7 Å². The highest BCUT2D eigenvalue weighted by Crippen LogP contribution is 2.33. The van der Waals surface area contributed by atoms with Crippen LogP contribution in [0.4, 0.5) is 16.3 Å². The summed E-state index contributed by atoms with van der Waals surface area (Å²) >= 11 is 3.55. The number of rotatable bonds is 5. The molecule has 176 valence electrons. The number of carbonyl (C=O) groups is 1. The van der Waals surface area contributed by atoms with E-state index in [9.17, 15) is 4.79 Å². The smallest absolute Gasteiger partial charge is 0.322 e. The maximum atomic E-state index is 13.3. The van der Waals surface area contributed by atoms with E-state index < -0.39 is 0 Å². The molecule has 2 amide bonds. The zero-order valence-electron chi connectivity index (χ0n) is 18.9. The van der Waals surface area contributed by atoms with Gasteiger partial charge in [0.2, 0.25) is 0 Å². The highest BCUT2D eigenvalue weighted by atomic mass is 79.9. The highest BCUT2D eigenvalue weighted by Gasteiger charge is 2.30. The number of halogens is 1. The number of nitrogens with one attached hydrogen (secondary N) is 2. The molecule has 1 aliphatic heterocycles. The lowest BCUT2D eigenvalue weighted by atomic mass is 9.99. The Bertz CT molecular complexity index is 1400. The number of nitriles is 1. The molecule has 1 unspecified atom stereocenters. The predicted octanol–water partition coefficient (Wildman–Crippen LogP) is 5.13. The SMILES string of the molecule is N#Cc1cccc(NC(=O)N2CCCCC2c2cc(NCc3cccnc3)n3ncc(Br)c3n2)c1. The monoisotopic (exact) mass is 530 g/mol. The Morgan fingerprint density at radius 2 is 2.11 bits per heavy atom. The van der Waals surface area contributed by atoms with Gasteiger partial charge in [-0.05, 0) is 65.0 Å². The highest BCUT2D eigenvalue weighted by molar-refractivity contribution is 9.10. The lowest BCUT2D eigenvalue weighted by Gasteiger charge is -2.35. The summed E-state index contributed by atoms with van der Waals surface area (Å²) in [4.78, 5) is 24.2. The fourth-order valence-corrected chi connectivity index (χ4v) is 4.64. The van der Waals surface area contributed by atoms with Gasteiger partial charge in [-0.25, -0.2) is 9.78 Å². The molecule has 3 aromatic heterocycles. The molecular formula is C25H23BrN8O. The zero-order valence-corrected chi connectivity index (χ0v) is 20.4. The van der Waals surface area contributed by atoms with Gasteiger partial charge < -0.3 is 15.5 Å². The van der Waals surface area contributed by atoms with Crippen LogP contribution < -0.4 is 10.6 Å². The van der Waals surface area contributed by atoms with Gasteiger partial charge in [0.05, 0.1) is 34.0 Å². The van der Waals surface area contributed by atoms with E-state index in [0.29, 0.717) is 30.0 Å². The molecule has 0 spiro atoms. The summed E-state index contributed by atoms with van der Waals surface area (Å²) in [6.07, 6.45) is 8.02. The first kappa shape index (κ1) is 22.8. The molecular weight excluding hydrogens is 508 g/mol. The molecule has 0 bridgehead atoms. The number of carbonyl (C=O) groups excluding carboxylic acids is 1. The maximum Gasteiger partial charge on any atom is 0.322 e. The van der Waals surface area contributed by atoms with E-state index in [4.69, 9.17) is 10.2 Å². The van der Waals surface area contributed by atoms with Crippen molar-refractivity contribution in [3.05, 3.63) is 82.3 Å². The molecule has 0 saturated carbocycles. The number of hydrogen-bond donors (Lipinski definition) is 2. The number of hydrogen-bond acceptors (Lipinski definition) is 6. The molecule has 1 aliphatic rings. The van der Waals surface area contributed by atoms with E-state index in [-0.39, 0.29) is 12.1 Å². The average Bonchev–Trinajstić information content (AvgIpc) is 3.28. The zero-order chi connectivity index (χ0) is 24.2. The van der Waals surface area contributed by atoms with Gasteiger partial charge in [-0.1, -0.05) is 12.1 Å². The van der Waals surface area contributed by atoms with Crippen LogP contribution in [0.3, 0.4) is 0 Å².